The van der Waals surface area contributed by atoms with Gasteiger partial charge in [-0.15, -0.1) is 0 Å². The Balaban J connectivity index is 1.89. The molecule has 2 heterocycles. The molecule has 0 atom stereocenters. The first-order chi connectivity index (χ1) is 12.6. The van der Waals surface area contributed by atoms with Crippen molar-refractivity contribution in [2.75, 3.05) is 0 Å². The summed E-state index contributed by atoms with van der Waals surface area (Å²) in [6.07, 6.45) is 0. The van der Waals surface area contributed by atoms with E-state index in [0.29, 0.717) is 22.3 Å². The number of aromatic nitrogens is 1. The van der Waals surface area contributed by atoms with E-state index in [9.17, 15) is 9.59 Å². The Morgan fingerprint density at radius 3 is 2.85 bits per heavy atom. The van der Waals surface area contributed by atoms with Crippen molar-refractivity contribution in [3.05, 3.63) is 73.8 Å². The number of nitrogens with zero attached hydrogens (tertiary/aromatic N) is 2. The highest BCUT2D eigenvalue weighted by molar-refractivity contribution is 9.10. The van der Waals surface area contributed by atoms with Gasteiger partial charge in [-0.05, 0) is 47.1 Å². The van der Waals surface area contributed by atoms with E-state index in [1.54, 1.807) is 24.3 Å². The van der Waals surface area contributed by atoms with Crippen LogP contribution in [0.25, 0.3) is 21.2 Å². The third-order valence-corrected chi connectivity index (χ3v) is 5.69. The SMILES string of the molecule is CCn1c(=NC(=O)c2cc(=O)c3ccccc3o2)sc2cccc(Br)c21. The van der Waals surface area contributed by atoms with Crippen LogP contribution in [-0.4, -0.2) is 10.5 Å². The third kappa shape index (κ3) is 2.83. The fourth-order valence-corrected chi connectivity index (χ4v) is 4.65. The van der Waals surface area contributed by atoms with Crippen molar-refractivity contribution in [3.8, 4) is 0 Å². The average molecular weight is 429 g/mol. The number of thiazole rings is 1. The van der Waals surface area contributed by atoms with Crippen LogP contribution in [0.4, 0.5) is 0 Å². The summed E-state index contributed by atoms with van der Waals surface area (Å²) in [4.78, 5) is 29.6. The molecule has 1 amide bonds. The van der Waals surface area contributed by atoms with Crippen molar-refractivity contribution in [2.24, 2.45) is 4.99 Å². The van der Waals surface area contributed by atoms with Gasteiger partial charge in [-0.1, -0.05) is 29.5 Å². The van der Waals surface area contributed by atoms with Crippen LogP contribution in [0.2, 0.25) is 0 Å². The largest absolute Gasteiger partial charge is 0.451 e. The van der Waals surface area contributed by atoms with Crippen LogP contribution in [0.5, 0.6) is 0 Å². The lowest BCUT2D eigenvalue weighted by Gasteiger charge is -2.02. The lowest BCUT2D eigenvalue weighted by Crippen LogP contribution is -2.16. The van der Waals surface area contributed by atoms with Gasteiger partial charge < -0.3 is 8.98 Å². The van der Waals surface area contributed by atoms with Crippen molar-refractivity contribution in [1.29, 1.82) is 0 Å². The molecular formula is C19H13BrN2O3S. The number of aryl methyl sites for hydroxylation is 1. The molecule has 0 spiro atoms. The topological polar surface area (TPSA) is 64.6 Å². The summed E-state index contributed by atoms with van der Waals surface area (Å²) in [6.45, 7) is 2.65. The third-order valence-electron chi connectivity index (χ3n) is 4.01. The van der Waals surface area contributed by atoms with Gasteiger partial charge in [0.25, 0.3) is 0 Å². The molecule has 0 radical (unpaired) electrons. The minimum absolute atomic E-state index is 0.0622. The molecule has 2 aromatic carbocycles. The number of amides is 1. The summed E-state index contributed by atoms with van der Waals surface area (Å²) >= 11 is 4.97. The molecular weight excluding hydrogens is 416 g/mol. The first-order valence-electron chi connectivity index (χ1n) is 7.98. The van der Waals surface area contributed by atoms with Gasteiger partial charge in [0.05, 0.1) is 15.6 Å². The smallest absolute Gasteiger partial charge is 0.315 e. The quantitative estimate of drug-likeness (QED) is 0.477. The van der Waals surface area contributed by atoms with Gasteiger partial charge in [0.1, 0.15) is 5.58 Å². The van der Waals surface area contributed by atoms with E-state index in [1.807, 2.05) is 29.7 Å². The molecule has 2 aromatic heterocycles. The summed E-state index contributed by atoms with van der Waals surface area (Å²) in [6, 6.07) is 13.9. The number of para-hydroxylation sites is 2. The van der Waals surface area contributed by atoms with Gasteiger partial charge in [-0.3, -0.25) is 9.59 Å². The van der Waals surface area contributed by atoms with Crippen molar-refractivity contribution in [1.82, 2.24) is 4.57 Å². The Morgan fingerprint density at radius 2 is 2.04 bits per heavy atom. The molecule has 0 aliphatic rings. The second-order valence-corrected chi connectivity index (χ2v) is 7.47. The van der Waals surface area contributed by atoms with Crippen LogP contribution >= 0.6 is 27.3 Å². The molecule has 0 aliphatic heterocycles. The van der Waals surface area contributed by atoms with Gasteiger partial charge in [0, 0.05) is 17.1 Å². The molecule has 5 nitrogen and oxygen atoms in total. The lowest BCUT2D eigenvalue weighted by molar-refractivity contribution is 0.0972. The van der Waals surface area contributed by atoms with Crippen molar-refractivity contribution in [3.63, 3.8) is 0 Å². The molecule has 4 rings (SSSR count). The number of rotatable bonds is 2. The maximum atomic E-state index is 12.6. The van der Waals surface area contributed by atoms with Crippen LogP contribution in [-0.2, 0) is 6.54 Å². The number of carbonyl (C=O) groups is 1. The fraction of sp³-hybridized carbons (Fsp3) is 0.105. The van der Waals surface area contributed by atoms with Gasteiger partial charge in [-0.2, -0.15) is 4.99 Å². The number of fused-ring (bicyclic) bond motifs is 2. The van der Waals surface area contributed by atoms with E-state index in [1.165, 1.54) is 17.4 Å². The summed E-state index contributed by atoms with van der Waals surface area (Å²) in [5, 5.41) is 0.443. The minimum Gasteiger partial charge on any atom is -0.451 e. The van der Waals surface area contributed by atoms with Crippen molar-refractivity contribution >= 4 is 54.4 Å². The molecule has 0 bridgehead atoms. The molecule has 26 heavy (non-hydrogen) atoms. The van der Waals surface area contributed by atoms with Crippen molar-refractivity contribution < 1.29 is 9.21 Å². The highest BCUT2D eigenvalue weighted by Crippen LogP contribution is 2.25. The Hall–Kier alpha value is -2.51. The van der Waals surface area contributed by atoms with Crippen molar-refractivity contribution in [2.45, 2.75) is 13.5 Å². The minimum atomic E-state index is -0.572. The highest BCUT2D eigenvalue weighted by Gasteiger charge is 2.14. The molecule has 130 valence electrons. The van der Waals surface area contributed by atoms with E-state index in [2.05, 4.69) is 20.9 Å². The molecule has 0 aliphatic carbocycles. The number of hydrogen-bond donors (Lipinski definition) is 0. The van der Waals surface area contributed by atoms with E-state index >= 15 is 0 Å². The van der Waals surface area contributed by atoms with Gasteiger partial charge >= 0.3 is 5.91 Å². The summed E-state index contributed by atoms with van der Waals surface area (Å²) in [5.74, 6) is -0.634. The maximum Gasteiger partial charge on any atom is 0.315 e. The molecule has 0 unspecified atom stereocenters. The van der Waals surface area contributed by atoms with Gasteiger partial charge in [0.2, 0.25) is 0 Å². The fourth-order valence-electron chi connectivity index (χ4n) is 2.82. The van der Waals surface area contributed by atoms with E-state index in [4.69, 9.17) is 4.42 Å². The monoisotopic (exact) mass is 428 g/mol. The predicted molar refractivity (Wildman–Crippen MR) is 106 cm³/mol. The van der Waals surface area contributed by atoms with Gasteiger partial charge in [0.15, 0.2) is 16.0 Å². The van der Waals surface area contributed by atoms with Gasteiger partial charge in [-0.25, -0.2) is 0 Å². The Morgan fingerprint density at radius 1 is 1.23 bits per heavy atom. The first-order valence-corrected chi connectivity index (χ1v) is 9.59. The Kier molecular flexibility index (Phi) is 4.34. The Bertz CT molecular complexity index is 1280. The molecule has 4 aromatic rings. The van der Waals surface area contributed by atoms with E-state index in [0.717, 1.165) is 14.7 Å². The number of hydrogen-bond acceptors (Lipinski definition) is 4. The molecule has 0 saturated carbocycles. The highest BCUT2D eigenvalue weighted by atomic mass is 79.9. The maximum absolute atomic E-state index is 12.6. The second-order valence-electron chi connectivity index (χ2n) is 5.60. The van der Waals surface area contributed by atoms with Crippen LogP contribution in [0.1, 0.15) is 17.5 Å². The normalized spacial score (nSPS) is 12.2. The zero-order valence-electron chi connectivity index (χ0n) is 13.7. The van der Waals surface area contributed by atoms with Crippen LogP contribution in [0, 0.1) is 0 Å². The van der Waals surface area contributed by atoms with E-state index in [-0.39, 0.29) is 11.2 Å². The molecule has 0 saturated heterocycles. The molecule has 7 heteroatoms. The summed E-state index contributed by atoms with van der Waals surface area (Å²) < 4.78 is 9.52. The molecule has 0 fully saturated rings. The first kappa shape index (κ1) is 16.9. The van der Waals surface area contributed by atoms with Crippen LogP contribution in [0.15, 0.2) is 67.2 Å². The average Bonchev–Trinajstić information content (AvgIpc) is 3.00. The second kappa shape index (κ2) is 6.66. The number of benzene rings is 2. The Labute approximate surface area is 160 Å². The number of halogens is 1. The zero-order valence-corrected chi connectivity index (χ0v) is 16.1. The molecule has 0 N–H and O–H groups in total. The lowest BCUT2D eigenvalue weighted by atomic mass is 10.2. The number of carbonyl (C=O) groups excluding carboxylic acids is 1. The zero-order chi connectivity index (χ0) is 18.3. The standard InChI is InChI=1S/C19H13BrN2O3S/c1-2-22-17-12(20)7-5-9-16(17)26-19(22)21-18(24)15-10-13(23)11-6-3-4-8-14(11)25-15/h3-10H,2H2,1H3. The predicted octanol–water partition coefficient (Wildman–Crippen LogP) is 4.33. The summed E-state index contributed by atoms with van der Waals surface area (Å²) in [5.41, 5.74) is 1.11. The van der Waals surface area contributed by atoms with Crippen LogP contribution < -0.4 is 10.2 Å². The van der Waals surface area contributed by atoms with E-state index < -0.39 is 5.91 Å². The van der Waals surface area contributed by atoms with Crippen LogP contribution in [0.3, 0.4) is 0 Å². The summed E-state index contributed by atoms with van der Waals surface area (Å²) in [7, 11) is 0.